The summed E-state index contributed by atoms with van der Waals surface area (Å²) in [6.45, 7) is 2.75. The van der Waals surface area contributed by atoms with Crippen molar-refractivity contribution < 1.29 is 14.3 Å². The fourth-order valence-corrected chi connectivity index (χ4v) is 5.89. The molecule has 2 fully saturated rings. The second-order valence-corrected chi connectivity index (χ2v) is 10.0. The molecule has 1 saturated carbocycles. The molecule has 1 aliphatic heterocycles. The van der Waals surface area contributed by atoms with E-state index in [1.54, 1.807) is 0 Å². The molecule has 1 amide bonds. The van der Waals surface area contributed by atoms with Gasteiger partial charge >= 0.3 is 5.97 Å². The topological polar surface area (TPSA) is 55.4 Å². The van der Waals surface area contributed by atoms with Crippen molar-refractivity contribution in [3.8, 4) is 0 Å². The van der Waals surface area contributed by atoms with Gasteiger partial charge in [-0.3, -0.25) is 4.79 Å². The minimum atomic E-state index is -0.519. The Kier molecular flexibility index (Phi) is 6.66. The molecule has 4 heteroatoms. The van der Waals surface area contributed by atoms with E-state index in [0.717, 1.165) is 0 Å². The first-order valence-electron chi connectivity index (χ1n) is 12.6. The molecular formula is C30H33NO3. The Bertz CT molecular complexity index is 1160. The smallest absolute Gasteiger partial charge is 0.328 e. The number of benzene rings is 3. The second-order valence-electron chi connectivity index (χ2n) is 10.0. The molecule has 2 aliphatic rings. The Morgan fingerprint density at radius 1 is 1.00 bits per heavy atom. The van der Waals surface area contributed by atoms with E-state index < -0.39 is 6.04 Å². The van der Waals surface area contributed by atoms with E-state index in [2.05, 4.69) is 66.8 Å². The molecule has 1 N–H and O–H groups in total. The average molecular weight is 456 g/mol. The number of ether oxygens (including phenoxy) is 1. The lowest BCUT2D eigenvalue weighted by Crippen LogP contribution is -2.37. The van der Waals surface area contributed by atoms with Crippen LogP contribution < -0.4 is 5.32 Å². The number of hydrogen-bond acceptors (Lipinski definition) is 3. The zero-order valence-electron chi connectivity index (χ0n) is 19.8. The number of hydrogen-bond donors (Lipinski definition) is 1. The number of esters is 1. The monoisotopic (exact) mass is 455 g/mol. The van der Waals surface area contributed by atoms with Crippen LogP contribution in [0.4, 0.5) is 0 Å². The number of nitrogens with one attached hydrogen (secondary N) is 1. The number of amides is 1. The van der Waals surface area contributed by atoms with Crippen LogP contribution in [0.15, 0.2) is 66.7 Å². The first kappa shape index (κ1) is 22.6. The third kappa shape index (κ3) is 4.86. The minimum Gasteiger partial charge on any atom is -0.464 e. The molecule has 0 spiro atoms. The number of carbonyl (C=O) groups is 2. The third-order valence-corrected chi connectivity index (χ3v) is 7.71. The molecule has 34 heavy (non-hydrogen) atoms. The first-order valence-corrected chi connectivity index (χ1v) is 12.6. The van der Waals surface area contributed by atoms with Crippen LogP contribution in [0.1, 0.15) is 78.8 Å². The summed E-state index contributed by atoms with van der Waals surface area (Å²) in [6, 6.07) is 22.9. The molecular weight excluding hydrogens is 422 g/mol. The van der Waals surface area contributed by atoms with E-state index in [1.165, 1.54) is 54.0 Å². The summed E-state index contributed by atoms with van der Waals surface area (Å²) in [5, 5.41) is 5.49. The van der Waals surface area contributed by atoms with Crippen molar-refractivity contribution in [1.29, 1.82) is 0 Å². The normalized spacial score (nSPS) is 23.4. The molecule has 1 heterocycles. The van der Waals surface area contributed by atoms with Crippen LogP contribution in [0.3, 0.4) is 0 Å². The lowest BCUT2D eigenvalue weighted by Gasteiger charge is -2.31. The quantitative estimate of drug-likeness (QED) is 0.441. The van der Waals surface area contributed by atoms with Gasteiger partial charge in [0.2, 0.25) is 0 Å². The Morgan fingerprint density at radius 2 is 1.79 bits per heavy atom. The van der Waals surface area contributed by atoms with Gasteiger partial charge in [0.05, 0.1) is 6.61 Å². The zero-order chi connectivity index (χ0) is 23.5. The SMILES string of the molecule is C[C@@H](C[C@H]1CCC[C@H](c2ccc(C(=O)N[C@@H]3CCOC3=O)cc2)C1)c1cccc2ccccc12. The molecule has 176 valence electrons. The fraction of sp³-hybridized carbons (Fsp3) is 0.400. The maximum Gasteiger partial charge on any atom is 0.328 e. The third-order valence-electron chi connectivity index (χ3n) is 7.71. The van der Waals surface area contributed by atoms with Gasteiger partial charge in [-0.15, -0.1) is 0 Å². The highest BCUT2D eigenvalue weighted by atomic mass is 16.5. The van der Waals surface area contributed by atoms with E-state index in [9.17, 15) is 9.59 Å². The summed E-state index contributed by atoms with van der Waals surface area (Å²) in [7, 11) is 0. The van der Waals surface area contributed by atoms with E-state index in [-0.39, 0.29) is 11.9 Å². The molecule has 0 unspecified atom stereocenters. The highest BCUT2D eigenvalue weighted by Crippen LogP contribution is 2.41. The molecule has 3 aromatic rings. The van der Waals surface area contributed by atoms with Gasteiger partial charge in [-0.2, -0.15) is 0 Å². The van der Waals surface area contributed by atoms with E-state index in [1.807, 2.05) is 12.1 Å². The maximum atomic E-state index is 12.5. The van der Waals surface area contributed by atoms with Crippen LogP contribution in [0.25, 0.3) is 10.8 Å². The van der Waals surface area contributed by atoms with Gasteiger partial charge < -0.3 is 10.1 Å². The summed E-state index contributed by atoms with van der Waals surface area (Å²) in [5.41, 5.74) is 3.38. The van der Waals surface area contributed by atoms with Gasteiger partial charge in [0.1, 0.15) is 6.04 Å². The van der Waals surface area contributed by atoms with Crippen molar-refractivity contribution in [3.63, 3.8) is 0 Å². The van der Waals surface area contributed by atoms with Crippen LogP contribution >= 0.6 is 0 Å². The summed E-state index contributed by atoms with van der Waals surface area (Å²) in [6.07, 6.45) is 6.71. The van der Waals surface area contributed by atoms with Gasteiger partial charge in [-0.25, -0.2) is 4.79 Å². The molecule has 0 radical (unpaired) electrons. The maximum absolute atomic E-state index is 12.5. The van der Waals surface area contributed by atoms with Crippen molar-refractivity contribution in [2.24, 2.45) is 5.92 Å². The predicted octanol–water partition coefficient (Wildman–Crippen LogP) is 6.35. The van der Waals surface area contributed by atoms with Crippen LogP contribution in [-0.2, 0) is 9.53 Å². The number of carbonyl (C=O) groups excluding carboxylic acids is 2. The van der Waals surface area contributed by atoms with Crippen LogP contribution in [0, 0.1) is 5.92 Å². The van der Waals surface area contributed by atoms with E-state index >= 15 is 0 Å². The largest absolute Gasteiger partial charge is 0.464 e. The molecule has 0 aromatic heterocycles. The summed E-state index contributed by atoms with van der Waals surface area (Å²) >= 11 is 0. The Labute approximate surface area is 201 Å². The number of rotatable bonds is 6. The molecule has 1 saturated heterocycles. The number of fused-ring (bicyclic) bond motifs is 1. The van der Waals surface area contributed by atoms with E-state index in [0.29, 0.717) is 36.3 Å². The average Bonchev–Trinajstić information content (AvgIpc) is 3.28. The van der Waals surface area contributed by atoms with Gasteiger partial charge in [0.25, 0.3) is 5.91 Å². The van der Waals surface area contributed by atoms with Gasteiger partial charge in [0, 0.05) is 12.0 Å². The summed E-state index contributed by atoms with van der Waals surface area (Å²) in [5.74, 6) is 1.24. The van der Waals surface area contributed by atoms with Crippen molar-refractivity contribution in [1.82, 2.24) is 5.32 Å². The Morgan fingerprint density at radius 3 is 2.59 bits per heavy atom. The molecule has 5 rings (SSSR count). The standard InChI is InChI=1S/C30H33NO3/c1-20(26-11-5-8-23-7-2-3-10-27(23)26)18-21-6-4-9-25(19-21)22-12-14-24(15-13-22)29(32)31-28-16-17-34-30(28)33/h2-3,5,7-8,10-15,20-21,25,28H,4,6,9,16-19H2,1H3,(H,31,32)/t20-,21+,25-,28+/m0/s1. The van der Waals surface area contributed by atoms with Crippen molar-refractivity contribution in [3.05, 3.63) is 83.4 Å². The summed E-state index contributed by atoms with van der Waals surface area (Å²) < 4.78 is 4.93. The zero-order valence-corrected chi connectivity index (χ0v) is 19.8. The van der Waals surface area contributed by atoms with Crippen molar-refractivity contribution >= 4 is 22.6 Å². The minimum absolute atomic E-state index is 0.208. The molecule has 4 atom stereocenters. The fourth-order valence-electron chi connectivity index (χ4n) is 5.89. The lowest BCUT2D eigenvalue weighted by molar-refractivity contribution is -0.139. The Hall–Kier alpha value is -3.14. The number of cyclic esters (lactones) is 1. The molecule has 1 aliphatic carbocycles. The van der Waals surface area contributed by atoms with Crippen LogP contribution in [-0.4, -0.2) is 24.5 Å². The van der Waals surface area contributed by atoms with Gasteiger partial charge in [0.15, 0.2) is 0 Å². The van der Waals surface area contributed by atoms with Crippen LogP contribution in [0.5, 0.6) is 0 Å². The Balaban J connectivity index is 1.22. The molecule has 0 bridgehead atoms. The van der Waals surface area contributed by atoms with Crippen LogP contribution in [0.2, 0.25) is 0 Å². The highest BCUT2D eigenvalue weighted by Gasteiger charge is 2.29. The van der Waals surface area contributed by atoms with Crippen molar-refractivity contribution in [2.75, 3.05) is 6.61 Å². The van der Waals surface area contributed by atoms with E-state index in [4.69, 9.17) is 4.74 Å². The molecule has 3 aromatic carbocycles. The summed E-state index contributed by atoms with van der Waals surface area (Å²) in [4.78, 5) is 24.1. The van der Waals surface area contributed by atoms with Crippen molar-refractivity contribution in [2.45, 2.75) is 63.3 Å². The molecule has 4 nitrogen and oxygen atoms in total. The van der Waals surface area contributed by atoms with Gasteiger partial charge in [-0.1, -0.05) is 74.4 Å². The first-order chi connectivity index (χ1) is 16.6. The highest BCUT2D eigenvalue weighted by molar-refractivity contribution is 5.97. The lowest BCUT2D eigenvalue weighted by atomic mass is 9.74. The second kappa shape index (κ2) is 10.0. The van der Waals surface area contributed by atoms with Gasteiger partial charge in [-0.05, 0) is 71.0 Å². The predicted molar refractivity (Wildman–Crippen MR) is 135 cm³/mol.